The highest BCUT2D eigenvalue weighted by atomic mass is 28.3. The molecule has 1 aliphatic carbocycles. The van der Waals surface area contributed by atoms with Crippen LogP contribution in [0.15, 0.2) is 54.6 Å². The smallest absolute Gasteiger partial charge is 0.246 e. The number of aromatic nitrogens is 3. The molecule has 1 saturated heterocycles. The zero-order valence-electron chi connectivity index (χ0n) is 35.3. The van der Waals surface area contributed by atoms with Crippen LogP contribution in [0, 0.1) is 5.41 Å². The number of benzene rings is 2. The van der Waals surface area contributed by atoms with E-state index < -0.39 is 16.1 Å². The van der Waals surface area contributed by atoms with E-state index in [-0.39, 0.29) is 23.8 Å². The van der Waals surface area contributed by atoms with Crippen molar-refractivity contribution >= 4 is 44.6 Å². The van der Waals surface area contributed by atoms with Crippen molar-refractivity contribution in [3.63, 3.8) is 0 Å². The maximum absolute atomic E-state index is 13.5. The Balaban J connectivity index is 1.32. The summed E-state index contributed by atoms with van der Waals surface area (Å²) in [4.78, 5) is 29.4. The summed E-state index contributed by atoms with van der Waals surface area (Å²) < 4.78 is 23.5. The second kappa shape index (κ2) is 17.9. The highest BCUT2D eigenvalue weighted by Gasteiger charge is 2.36. The second-order valence-corrected chi connectivity index (χ2v) is 30.1. The molecule has 2 aromatic heterocycles. The first-order chi connectivity index (χ1) is 26.6. The van der Waals surface area contributed by atoms with Crippen LogP contribution in [0.2, 0.25) is 51.4 Å². The highest BCUT2D eigenvalue weighted by molar-refractivity contribution is 6.76. The third-order valence-electron chi connectivity index (χ3n) is 11.4. The van der Waals surface area contributed by atoms with Gasteiger partial charge in [0, 0.05) is 71.7 Å². The monoisotopic (exact) mass is 799 g/mol. The molecule has 10 nitrogen and oxygen atoms in total. The topological polar surface area (TPSA) is 91.1 Å². The number of likely N-dealkylation sites (tertiary alicyclic amines) is 1. The quantitative estimate of drug-likeness (QED) is 0.0739. The molecule has 2 amide bonds. The summed E-state index contributed by atoms with van der Waals surface area (Å²) in [5.74, 6) is -0.0336. The van der Waals surface area contributed by atoms with E-state index in [4.69, 9.17) is 19.3 Å². The minimum Gasteiger partial charge on any atom is -0.376 e. The molecule has 56 heavy (non-hydrogen) atoms. The Hall–Kier alpha value is -3.56. The minimum absolute atomic E-state index is 0.0351. The maximum atomic E-state index is 13.5. The third kappa shape index (κ3) is 10.9. The molecule has 304 valence electrons. The van der Waals surface area contributed by atoms with Gasteiger partial charge >= 0.3 is 0 Å². The molecule has 2 aliphatic rings. The van der Waals surface area contributed by atoms with Gasteiger partial charge in [-0.15, -0.1) is 0 Å². The Morgan fingerprint density at radius 1 is 0.893 bits per heavy atom. The predicted molar refractivity (Wildman–Crippen MR) is 231 cm³/mol. The molecule has 0 saturated carbocycles. The van der Waals surface area contributed by atoms with Gasteiger partial charge in [-0.2, -0.15) is 5.10 Å². The zero-order chi connectivity index (χ0) is 40.1. The van der Waals surface area contributed by atoms with Crippen molar-refractivity contribution in [2.24, 2.45) is 5.41 Å². The van der Waals surface area contributed by atoms with Gasteiger partial charge in [0.2, 0.25) is 11.8 Å². The summed E-state index contributed by atoms with van der Waals surface area (Å²) in [6.45, 7) is 20.8. The average Bonchev–Trinajstić information content (AvgIpc) is 3.68. The Morgan fingerprint density at radius 3 is 2.30 bits per heavy atom. The van der Waals surface area contributed by atoms with Crippen molar-refractivity contribution in [3.05, 3.63) is 71.4 Å². The lowest BCUT2D eigenvalue weighted by Gasteiger charge is -2.34. The van der Waals surface area contributed by atoms with Crippen LogP contribution in [0.3, 0.4) is 0 Å². The number of ether oxygens (including phenoxy) is 3. The van der Waals surface area contributed by atoms with Gasteiger partial charge in [0.25, 0.3) is 0 Å². The van der Waals surface area contributed by atoms with Gasteiger partial charge in [0.05, 0.1) is 24.4 Å². The molecule has 0 N–H and O–H groups in total. The number of rotatable bonds is 18. The van der Waals surface area contributed by atoms with E-state index in [2.05, 4.69) is 97.9 Å². The van der Waals surface area contributed by atoms with Crippen LogP contribution >= 0.6 is 0 Å². The normalized spacial score (nSPS) is 17.8. The summed E-state index contributed by atoms with van der Waals surface area (Å²) in [7, 11) is -0.753. The fourth-order valence-corrected chi connectivity index (χ4v) is 9.15. The predicted octanol–water partition coefficient (Wildman–Crippen LogP) is 8.82. The van der Waals surface area contributed by atoms with Crippen LogP contribution in [0.25, 0.3) is 22.3 Å². The van der Waals surface area contributed by atoms with E-state index in [9.17, 15) is 9.59 Å². The van der Waals surface area contributed by atoms with Gasteiger partial charge in [-0.05, 0) is 73.4 Å². The fourth-order valence-electron chi connectivity index (χ4n) is 7.63. The summed E-state index contributed by atoms with van der Waals surface area (Å²) in [5, 5.41) is 6.43. The molecule has 3 heterocycles. The first-order valence-corrected chi connectivity index (χ1v) is 28.0. The number of amides is 2. The Kier molecular flexibility index (Phi) is 13.5. The number of likely N-dealkylation sites (N-methyl/N-ethyl adjacent to an activating group) is 1. The lowest BCUT2D eigenvalue weighted by molar-refractivity contribution is -0.137. The Bertz CT molecular complexity index is 1960. The SMILES string of the molecule is CN(C(=O)CN1CCCCC1=O)c1ccc2cc(-c3nn(COCC[Si](C)(C)C)c4c3CCC(C)(COCc3ccccc3)C4)n(COCC[Si](C)(C)C)c2c1. The van der Waals surface area contributed by atoms with Gasteiger partial charge in [-0.1, -0.05) is 82.6 Å². The van der Waals surface area contributed by atoms with Crippen LogP contribution in [-0.4, -0.2) is 87.2 Å². The minimum atomic E-state index is -1.30. The van der Waals surface area contributed by atoms with Crippen molar-refractivity contribution in [3.8, 4) is 11.4 Å². The number of hydrogen-bond acceptors (Lipinski definition) is 6. The fraction of sp³-hybridized carbons (Fsp3) is 0.568. The van der Waals surface area contributed by atoms with Crippen molar-refractivity contribution in [1.82, 2.24) is 19.2 Å². The number of piperidine rings is 1. The van der Waals surface area contributed by atoms with E-state index in [0.717, 1.165) is 78.8 Å². The molecule has 1 atom stereocenters. The summed E-state index contributed by atoms with van der Waals surface area (Å²) >= 11 is 0. The van der Waals surface area contributed by atoms with Crippen molar-refractivity contribution in [2.45, 2.75) is 117 Å². The summed E-state index contributed by atoms with van der Waals surface area (Å²) in [6, 6.07) is 21.0. The standard InChI is InChI=1S/C44H65N5O5Si2/c1-44(31-54-30-34-14-10-9-11-15-34)20-19-37-40(28-44)49(33-53-23-25-56(6,7)8)45-43(37)39-26-35-17-18-36(27-38(35)48(39)32-52-22-24-55(3,4)5)46(2)42(51)29-47-21-13-12-16-41(47)50/h9-11,14-15,17-18,26-27H,12-13,16,19-25,28-33H2,1-8H3. The van der Waals surface area contributed by atoms with Crippen LogP contribution in [0.5, 0.6) is 0 Å². The van der Waals surface area contributed by atoms with Gasteiger partial charge < -0.3 is 28.6 Å². The zero-order valence-corrected chi connectivity index (χ0v) is 37.3. The molecule has 2 aromatic carbocycles. The van der Waals surface area contributed by atoms with Gasteiger partial charge in [0.1, 0.15) is 25.7 Å². The third-order valence-corrected chi connectivity index (χ3v) is 14.8. The van der Waals surface area contributed by atoms with Gasteiger partial charge in [0.15, 0.2) is 0 Å². The largest absolute Gasteiger partial charge is 0.376 e. The highest BCUT2D eigenvalue weighted by Crippen LogP contribution is 2.41. The number of carbonyl (C=O) groups is 2. The number of nitrogens with zero attached hydrogens (tertiary/aromatic N) is 5. The van der Waals surface area contributed by atoms with Crippen LogP contribution < -0.4 is 4.90 Å². The Labute approximate surface area is 336 Å². The molecular weight excluding hydrogens is 735 g/mol. The lowest BCUT2D eigenvalue weighted by Crippen LogP contribution is -2.43. The molecule has 4 aromatic rings. The maximum Gasteiger partial charge on any atom is 0.246 e. The van der Waals surface area contributed by atoms with E-state index in [1.165, 1.54) is 16.8 Å². The number of hydrogen-bond donors (Lipinski definition) is 0. The molecule has 0 radical (unpaired) electrons. The molecular formula is C44H65N5O5Si2. The van der Waals surface area contributed by atoms with Crippen molar-refractivity contribution in [2.75, 3.05) is 44.9 Å². The van der Waals surface area contributed by atoms with E-state index in [1.54, 1.807) is 16.8 Å². The molecule has 12 heteroatoms. The molecule has 1 aliphatic heterocycles. The van der Waals surface area contributed by atoms with E-state index in [1.807, 2.05) is 12.1 Å². The first-order valence-electron chi connectivity index (χ1n) is 20.6. The molecule has 6 rings (SSSR count). The first kappa shape index (κ1) is 42.1. The number of carbonyl (C=O) groups excluding carboxylic acids is 2. The summed E-state index contributed by atoms with van der Waals surface area (Å²) in [6.07, 6.45) is 5.08. The second-order valence-electron chi connectivity index (χ2n) is 18.9. The Morgan fingerprint density at radius 2 is 1.61 bits per heavy atom. The van der Waals surface area contributed by atoms with Crippen LogP contribution in [0.4, 0.5) is 5.69 Å². The molecule has 0 bridgehead atoms. The van der Waals surface area contributed by atoms with Crippen molar-refractivity contribution < 1.29 is 23.8 Å². The van der Waals surface area contributed by atoms with Gasteiger partial charge in [-0.3, -0.25) is 9.59 Å². The lowest BCUT2D eigenvalue weighted by atomic mass is 9.75. The summed E-state index contributed by atoms with van der Waals surface area (Å²) in [5.41, 5.74) is 7.40. The van der Waals surface area contributed by atoms with Crippen molar-refractivity contribution in [1.29, 1.82) is 0 Å². The number of fused-ring (bicyclic) bond motifs is 2. The average molecular weight is 800 g/mol. The number of anilines is 1. The molecule has 1 fully saturated rings. The van der Waals surface area contributed by atoms with Crippen LogP contribution in [0.1, 0.15) is 49.4 Å². The molecule has 1 unspecified atom stereocenters. The van der Waals surface area contributed by atoms with Crippen LogP contribution in [-0.2, 0) is 56.7 Å². The van der Waals surface area contributed by atoms with Gasteiger partial charge in [-0.25, -0.2) is 4.68 Å². The molecule has 0 spiro atoms. The van der Waals surface area contributed by atoms with E-state index in [0.29, 0.717) is 46.2 Å². The van der Waals surface area contributed by atoms with E-state index >= 15 is 0 Å².